The van der Waals surface area contributed by atoms with Crippen molar-refractivity contribution in [1.82, 2.24) is 0 Å². The Bertz CT molecular complexity index is 3430. The fourth-order valence-corrected chi connectivity index (χ4v) is 10.6. The Balaban J connectivity index is 1.04. The second-order valence-electron chi connectivity index (χ2n) is 17.6. The maximum absolute atomic E-state index is 5.49. The molecule has 0 radical (unpaired) electrons. The lowest BCUT2D eigenvalue weighted by Crippen LogP contribution is -2.25. The first-order valence-corrected chi connectivity index (χ1v) is 23.2. The van der Waals surface area contributed by atoms with E-state index in [-0.39, 0.29) is 0 Å². The Labute approximate surface area is 397 Å². The summed E-state index contributed by atoms with van der Waals surface area (Å²) >= 11 is 0. The minimum atomic E-state index is -0.403. The third-order valence-electron chi connectivity index (χ3n) is 13.6. The highest BCUT2D eigenvalue weighted by Gasteiger charge is 2.51. The summed E-state index contributed by atoms with van der Waals surface area (Å²) in [4.78, 5) is 15.6. The van der Waals surface area contributed by atoms with Gasteiger partial charge in [-0.3, -0.25) is 4.99 Å². The van der Waals surface area contributed by atoms with Crippen LogP contribution in [-0.2, 0) is 12.0 Å². The van der Waals surface area contributed by atoms with Crippen LogP contribution in [0.2, 0.25) is 0 Å². The van der Waals surface area contributed by atoms with Gasteiger partial charge in [-0.05, 0) is 144 Å². The molecule has 10 aromatic carbocycles. The summed E-state index contributed by atoms with van der Waals surface area (Å²) in [6.07, 6.45) is 0. The molecule has 0 atom stereocenters. The van der Waals surface area contributed by atoms with Crippen molar-refractivity contribution in [3.63, 3.8) is 0 Å². The van der Waals surface area contributed by atoms with E-state index in [1.54, 1.807) is 0 Å². The molecule has 3 nitrogen and oxygen atoms in total. The molecule has 1 spiro atoms. The van der Waals surface area contributed by atoms with Gasteiger partial charge in [0.05, 0.1) is 12.0 Å². The standard InChI is InChI=1S/C65H45N3/c1-66-63(53-39-49(45-20-6-2-7-21-45)37-50(40-53)46-22-8-3-9-23-46)68-64(54-41-51(47-24-10-4-11-25-47)38-52(42-54)48-26-12-5-13-27-48)67-43-44-34-35-62-58(36-44)57-30-16-19-33-61(57)65(62)59-31-17-14-28-55(59)56-29-15-18-32-60(56)65/h2-42H,1,43H2. The zero-order valence-electron chi connectivity index (χ0n) is 37.4. The third kappa shape index (κ3) is 7.04. The molecule has 3 heteroatoms. The van der Waals surface area contributed by atoms with E-state index in [1.165, 1.54) is 44.5 Å². The van der Waals surface area contributed by atoms with E-state index >= 15 is 0 Å². The van der Waals surface area contributed by atoms with Crippen LogP contribution >= 0.6 is 0 Å². The van der Waals surface area contributed by atoms with E-state index in [9.17, 15) is 0 Å². The Kier molecular flexibility index (Phi) is 10.3. The molecule has 0 heterocycles. The molecule has 0 N–H and O–H groups in total. The van der Waals surface area contributed by atoms with Gasteiger partial charge in [-0.2, -0.15) is 0 Å². The lowest BCUT2D eigenvalue weighted by molar-refractivity contribution is 0.793. The first-order valence-electron chi connectivity index (χ1n) is 23.2. The Morgan fingerprint density at radius 1 is 0.324 bits per heavy atom. The lowest BCUT2D eigenvalue weighted by Gasteiger charge is -2.30. The average Bonchev–Trinajstić information content (AvgIpc) is 3.89. The summed E-state index contributed by atoms with van der Waals surface area (Å²) in [7, 11) is 0. The number of hydrogen-bond donors (Lipinski definition) is 0. The lowest BCUT2D eigenvalue weighted by atomic mass is 9.70. The first-order chi connectivity index (χ1) is 33.7. The molecule has 320 valence electrons. The van der Waals surface area contributed by atoms with E-state index in [2.05, 4.69) is 248 Å². The number of hydrogen-bond acceptors (Lipinski definition) is 1. The minimum absolute atomic E-state index is 0.397. The van der Waals surface area contributed by atoms with Gasteiger partial charge in [0.1, 0.15) is 0 Å². The van der Waals surface area contributed by atoms with E-state index in [0.29, 0.717) is 18.2 Å². The summed E-state index contributed by atoms with van der Waals surface area (Å²) in [5.74, 6) is 1.07. The zero-order chi connectivity index (χ0) is 45.4. The van der Waals surface area contributed by atoms with Crippen molar-refractivity contribution in [2.24, 2.45) is 15.0 Å². The third-order valence-corrected chi connectivity index (χ3v) is 13.6. The van der Waals surface area contributed by atoms with Crippen molar-refractivity contribution < 1.29 is 0 Å². The summed E-state index contributed by atoms with van der Waals surface area (Å²) in [5, 5.41) is 0. The molecule has 12 rings (SSSR count). The van der Waals surface area contributed by atoms with Crippen molar-refractivity contribution >= 4 is 18.4 Å². The van der Waals surface area contributed by atoms with Gasteiger partial charge in [0.25, 0.3) is 0 Å². The molecule has 10 aromatic rings. The molecule has 68 heavy (non-hydrogen) atoms. The topological polar surface area (TPSA) is 37.1 Å². The van der Waals surface area contributed by atoms with Crippen LogP contribution in [0.25, 0.3) is 66.8 Å². The smallest absolute Gasteiger partial charge is 0.161 e. The summed E-state index contributed by atoms with van der Waals surface area (Å²) in [5.41, 5.74) is 21.5. The van der Waals surface area contributed by atoms with E-state index in [1.807, 2.05) is 12.1 Å². The number of fused-ring (bicyclic) bond motifs is 10. The molecular weight excluding hydrogens is 823 g/mol. The van der Waals surface area contributed by atoms with Gasteiger partial charge in [-0.15, -0.1) is 0 Å². The van der Waals surface area contributed by atoms with Crippen LogP contribution < -0.4 is 0 Å². The molecular formula is C65H45N3. The first kappa shape index (κ1) is 40.7. The van der Waals surface area contributed by atoms with Crippen LogP contribution in [0.15, 0.2) is 264 Å². The van der Waals surface area contributed by atoms with Crippen LogP contribution in [0.1, 0.15) is 38.9 Å². The van der Waals surface area contributed by atoms with Crippen molar-refractivity contribution in [2.45, 2.75) is 12.0 Å². The Morgan fingerprint density at radius 3 is 1.09 bits per heavy atom. The van der Waals surface area contributed by atoms with Crippen LogP contribution in [0, 0.1) is 0 Å². The van der Waals surface area contributed by atoms with E-state index in [4.69, 9.17) is 9.98 Å². The molecule has 0 fully saturated rings. The van der Waals surface area contributed by atoms with Gasteiger partial charge in [-0.1, -0.05) is 206 Å². The predicted molar refractivity (Wildman–Crippen MR) is 284 cm³/mol. The van der Waals surface area contributed by atoms with Crippen LogP contribution in [-0.4, -0.2) is 18.4 Å². The van der Waals surface area contributed by atoms with Crippen molar-refractivity contribution in [3.05, 3.63) is 288 Å². The highest BCUT2D eigenvalue weighted by atomic mass is 15.0. The van der Waals surface area contributed by atoms with Gasteiger partial charge >= 0.3 is 0 Å². The SMILES string of the molecule is C=NC(=NC(=NCc1ccc2c(c1)-c1ccccc1C21c2ccccc2-c2ccccc21)c1cc(-c2ccccc2)cc(-c2ccccc2)c1)c1cc(-c2ccccc2)cc(-c2ccccc2)c1. The molecule has 0 aromatic heterocycles. The van der Waals surface area contributed by atoms with Gasteiger partial charge in [0.15, 0.2) is 11.7 Å². The van der Waals surface area contributed by atoms with Crippen molar-refractivity contribution in [3.8, 4) is 66.8 Å². The number of aliphatic imine (C=N–C) groups is 3. The Hall–Kier alpha value is -8.79. The number of rotatable bonds is 8. The average molecular weight is 868 g/mol. The fraction of sp³-hybridized carbons (Fsp3) is 0.0308. The van der Waals surface area contributed by atoms with Crippen LogP contribution in [0.3, 0.4) is 0 Å². The molecule has 0 saturated carbocycles. The van der Waals surface area contributed by atoms with Gasteiger partial charge in [0, 0.05) is 11.1 Å². The zero-order valence-corrected chi connectivity index (χ0v) is 37.4. The number of amidine groups is 2. The maximum Gasteiger partial charge on any atom is 0.161 e. The number of benzene rings is 10. The van der Waals surface area contributed by atoms with Crippen LogP contribution in [0.5, 0.6) is 0 Å². The van der Waals surface area contributed by atoms with E-state index in [0.717, 1.165) is 61.2 Å². The second kappa shape index (κ2) is 17.2. The fourth-order valence-electron chi connectivity index (χ4n) is 10.6. The minimum Gasteiger partial charge on any atom is -0.261 e. The molecule has 0 unspecified atom stereocenters. The monoisotopic (exact) mass is 867 g/mol. The van der Waals surface area contributed by atoms with Crippen molar-refractivity contribution in [2.75, 3.05) is 0 Å². The van der Waals surface area contributed by atoms with Crippen LogP contribution in [0.4, 0.5) is 0 Å². The van der Waals surface area contributed by atoms with E-state index < -0.39 is 5.41 Å². The Morgan fingerprint density at radius 2 is 0.676 bits per heavy atom. The summed E-state index contributed by atoms with van der Waals surface area (Å²) < 4.78 is 0. The van der Waals surface area contributed by atoms with Crippen molar-refractivity contribution in [1.29, 1.82) is 0 Å². The van der Waals surface area contributed by atoms with Gasteiger partial charge in [-0.25, -0.2) is 9.98 Å². The largest absolute Gasteiger partial charge is 0.261 e. The molecule has 2 aliphatic carbocycles. The predicted octanol–water partition coefficient (Wildman–Crippen LogP) is 15.8. The normalized spacial score (nSPS) is 13.1. The maximum atomic E-state index is 5.49. The van der Waals surface area contributed by atoms with Gasteiger partial charge < -0.3 is 0 Å². The molecule has 0 amide bonds. The highest BCUT2D eigenvalue weighted by Crippen LogP contribution is 2.62. The van der Waals surface area contributed by atoms with Gasteiger partial charge in [0.2, 0.25) is 0 Å². The summed E-state index contributed by atoms with van der Waals surface area (Å²) in [6.45, 7) is 4.53. The number of nitrogens with zero attached hydrogens (tertiary/aromatic N) is 3. The molecule has 0 bridgehead atoms. The molecule has 0 aliphatic heterocycles. The quantitative estimate of drug-likeness (QED) is 0.108. The molecule has 2 aliphatic rings. The summed E-state index contributed by atoms with van der Waals surface area (Å²) in [6, 6.07) is 89.0. The second-order valence-corrected chi connectivity index (χ2v) is 17.6. The molecule has 0 saturated heterocycles. The highest BCUT2D eigenvalue weighted by molar-refractivity contribution is 6.14.